The Kier molecular flexibility index (Phi) is 6.61. The first kappa shape index (κ1) is 23.4. The van der Waals surface area contributed by atoms with Gasteiger partial charge in [0.05, 0.1) is 33.6 Å². The van der Waals surface area contributed by atoms with Gasteiger partial charge in [-0.3, -0.25) is 14.8 Å². The molecule has 4 aromatic rings. The number of hydrogen-bond donors (Lipinski definition) is 1. The number of aromatic nitrogens is 4. The van der Waals surface area contributed by atoms with Crippen LogP contribution in [0.3, 0.4) is 0 Å². The lowest BCUT2D eigenvalue weighted by atomic mass is 10.2. The molecule has 34 heavy (non-hydrogen) atoms. The molecule has 178 valence electrons. The van der Waals surface area contributed by atoms with E-state index in [-0.39, 0.29) is 11.6 Å². The molecule has 0 aliphatic carbocycles. The van der Waals surface area contributed by atoms with Crippen LogP contribution in [0, 0.1) is 10.1 Å². The molecule has 0 saturated carbocycles. The number of aryl methyl sites for hydroxylation is 1. The Morgan fingerprint density at radius 1 is 1.24 bits per heavy atom. The molecular weight excluding hydrogens is 456 g/mol. The number of anilines is 3. The highest BCUT2D eigenvalue weighted by molar-refractivity contribution is 7.17. The van der Waals surface area contributed by atoms with Crippen molar-refractivity contribution in [2.75, 3.05) is 51.6 Å². The van der Waals surface area contributed by atoms with E-state index in [4.69, 9.17) is 4.74 Å². The molecule has 0 aliphatic heterocycles. The molecule has 0 radical (unpaired) electrons. The minimum absolute atomic E-state index is 0.0364. The summed E-state index contributed by atoms with van der Waals surface area (Å²) in [4.78, 5) is 24.2. The summed E-state index contributed by atoms with van der Waals surface area (Å²) in [5, 5.41) is 21.5. The zero-order chi connectivity index (χ0) is 24.4. The first-order valence-electron chi connectivity index (χ1n) is 10.5. The van der Waals surface area contributed by atoms with Gasteiger partial charge in [0.1, 0.15) is 17.1 Å². The molecule has 0 saturated heterocycles. The maximum absolute atomic E-state index is 11.9. The Morgan fingerprint density at radius 3 is 2.74 bits per heavy atom. The Morgan fingerprint density at radius 2 is 2.03 bits per heavy atom. The minimum Gasteiger partial charge on any atom is -0.494 e. The van der Waals surface area contributed by atoms with E-state index in [2.05, 4.69) is 20.4 Å². The lowest BCUT2D eigenvalue weighted by Gasteiger charge is -2.22. The van der Waals surface area contributed by atoms with Gasteiger partial charge in [-0.15, -0.1) is 11.3 Å². The lowest BCUT2D eigenvalue weighted by Crippen LogP contribution is -2.28. The number of benzene rings is 1. The summed E-state index contributed by atoms with van der Waals surface area (Å²) >= 11 is 1.59. The van der Waals surface area contributed by atoms with Crippen molar-refractivity contribution in [2.45, 2.75) is 0 Å². The molecule has 0 atom stereocenters. The quantitative estimate of drug-likeness (QED) is 0.281. The summed E-state index contributed by atoms with van der Waals surface area (Å²) in [6.45, 7) is 1.37. The van der Waals surface area contributed by atoms with Crippen molar-refractivity contribution in [1.29, 1.82) is 0 Å². The number of ether oxygens (including phenoxy) is 1. The number of hydrogen-bond acceptors (Lipinski definition) is 10. The molecule has 3 heterocycles. The van der Waals surface area contributed by atoms with Crippen LogP contribution >= 0.6 is 11.3 Å². The Hall–Kier alpha value is -3.77. The highest BCUT2D eigenvalue weighted by Crippen LogP contribution is 2.39. The van der Waals surface area contributed by atoms with Gasteiger partial charge in [-0.2, -0.15) is 5.10 Å². The van der Waals surface area contributed by atoms with Gasteiger partial charge in [-0.1, -0.05) is 0 Å². The summed E-state index contributed by atoms with van der Waals surface area (Å²) < 4.78 is 8.39. The largest absolute Gasteiger partial charge is 0.494 e. The molecule has 0 bridgehead atoms. The summed E-state index contributed by atoms with van der Waals surface area (Å²) in [5.41, 5.74) is 3.27. The molecule has 3 aromatic heterocycles. The molecule has 0 unspecified atom stereocenters. The Labute approximate surface area is 200 Å². The van der Waals surface area contributed by atoms with Crippen molar-refractivity contribution in [3.05, 3.63) is 46.0 Å². The smallest absolute Gasteiger partial charge is 0.294 e. The van der Waals surface area contributed by atoms with E-state index >= 15 is 0 Å². The standard InChI is InChI=1S/C22H26N8O3S/c1-27(2)9-10-28(3)17-13-19(33-5)15(12-18(17)30(31)32)25-22-23-8-6-14(24-22)20-21-16(7-11-34-21)29(4)26-20/h6-8,11-13H,9-10H2,1-5H3,(H,23,24,25). The average Bonchev–Trinajstić information content (AvgIpc) is 3.41. The molecule has 0 amide bonds. The van der Waals surface area contributed by atoms with Gasteiger partial charge in [-0.25, -0.2) is 9.97 Å². The van der Waals surface area contributed by atoms with Gasteiger partial charge >= 0.3 is 0 Å². The number of rotatable bonds is 9. The summed E-state index contributed by atoms with van der Waals surface area (Å²) in [5.74, 6) is 0.735. The second-order valence-corrected chi connectivity index (χ2v) is 8.94. The van der Waals surface area contributed by atoms with Crippen LogP contribution in [0.1, 0.15) is 0 Å². The van der Waals surface area contributed by atoms with E-state index in [9.17, 15) is 10.1 Å². The fourth-order valence-electron chi connectivity index (χ4n) is 3.57. The SMILES string of the molecule is COc1cc(N(C)CCN(C)C)c([N+](=O)[O-])cc1Nc1nccc(-c2nn(C)c3ccsc23)n1. The van der Waals surface area contributed by atoms with Crippen LogP contribution in [-0.2, 0) is 7.05 Å². The van der Waals surface area contributed by atoms with Crippen molar-refractivity contribution < 1.29 is 9.66 Å². The molecule has 4 rings (SSSR count). The highest BCUT2D eigenvalue weighted by Gasteiger charge is 2.23. The topological polar surface area (TPSA) is 114 Å². The van der Waals surface area contributed by atoms with Crippen LogP contribution in [0.2, 0.25) is 0 Å². The van der Waals surface area contributed by atoms with Gasteiger partial charge in [-0.05, 0) is 31.6 Å². The molecule has 0 aliphatic rings. The third-order valence-electron chi connectivity index (χ3n) is 5.39. The monoisotopic (exact) mass is 482 g/mol. The maximum Gasteiger partial charge on any atom is 0.294 e. The highest BCUT2D eigenvalue weighted by atomic mass is 32.1. The van der Waals surface area contributed by atoms with Crippen molar-refractivity contribution in [3.8, 4) is 17.1 Å². The van der Waals surface area contributed by atoms with E-state index < -0.39 is 4.92 Å². The third-order valence-corrected chi connectivity index (χ3v) is 6.30. The predicted molar refractivity (Wildman–Crippen MR) is 134 cm³/mol. The van der Waals surface area contributed by atoms with E-state index in [0.29, 0.717) is 29.4 Å². The number of nitrogens with zero attached hydrogens (tertiary/aromatic N) is 7. The zero-order valence-electron chi connectivity index (χ0n) is 19.6. The van der Waals surface area contributed by atoms with Gasteiger partial charge in [0.25, 0.3) is 5.69 Å². The van der Waals surface area contributed by atoms with E-state index in [0.717, 1.165) is 22.5 Å². The molecule has 12 heteroatoms. The van der Waals surface area contributed by atoms with Crippen LogP contribution < -0.4 is 15.0 Å². The number of nitro groups is 1. The molecule has 0 fully saturated rings. The zero-order valence-corrected chi connectivity index (χ0v) is 20.5. The van der Waals surface area contributed by atoms with Crippen molar-refractivity contribution >= 4 is 44.6 Å². The lowest BCUT2D eigenvalue weighted by molar-refractivity contribution is -0.384. The van der Waals surface area contributed by atoms with Crippen LogP contribution in [0.25, 0.3) is 21.6 Å². The fraction of sp³-hybridized carbons (Fsp3) is 0.318. The molecule has 1 N–H and O–H groups in total. The average molecular weight is 483 g/mol. The number of nitrogens with one attached hydrogen (secondary N) is 1. The van der Waals surface area contributed by atoms with Crippen LogP contribution in [0.5, 0.6) is 5.75 Å². The number of fused-ring (bicyclic) bond motifs is 1. The van der Waals surface area contributed by atoms with Crippen LogP contribution in [0.4, 0.5) is 23.0 Å². The fourth-order valence-corrected chi connectivity index (χ4v) is 4.48. The first-order valence-corrected chi connectivity index (χ1v) is 11.4. The van der Waals surface area contributed by atoms with E-state index in [1.807, 2.05) is 54.1 Å². The second-order valence-electron chi connectivity index (χ2n) is 8.02. The predicted octanol–water partition coefficient (Wildman–Crippen LogP) is 3.75. The third kappa shape index (κ3) is 4.63. The Bertz CT molecular complexity index is 1330. The van der Waals surface area contributed by atoms with Crippen molar-refractivity contribution in [3.63, 3.8) is 0 Å². The molecular formula is C22H26N8O3S. The summed E-state index contributed by atoms with van der Waals surface area (Å²) in [6, 6.07) is 6.91. The number of nitro benzene ring substituents is 1. The van der Waals surface area contributed by atoms with Crippen LogP contribution in [0.15, 0.2) is 35.8 Å². The van der Waals surface area contributed by atoms with Gasteiger partial charge in [0.15, 0.2) is 0 Å². The number of thiophene rings is 1. The van der Waals surface area contributed by atoms with Crippen molar-refractivity contribution in [1.82, 2.24) is 24.6 Å². The minimum atomic E-state index is -0.398. The Balaban J connectivity index is 1.68. The molecule has 0 spiro atoms. The van der Waals surface area contributed by atoms with Gasteiger partial charge in [0.2, 0.25) is 5.95 Å². The summed E-state index contributed by atoms with van der Waals surface area (Å²) in [6.07, 6.45) is 1.63. The number of likely N-dealkylation sites (N-methyl/N-ethyl adjacent to an activating group) is 2. The maximum atomic E-state index is 11.9. The first-order chi connectivity index (χ1) is 16.3. The van der Waals surface area contributed by atoms with E-state index in [1.165, 1.54) is 13.2 Å². The van der Waals surface area contributed by atoms with Crippen LogP contribution in [-0.4, -0.2) is 70.9 Å². The number of methoxy groups -OCH3 is 1. The second kappa shape index (κ2) is 9.61. The normalized spacial score (nSPS) is 11.2. The van der Waals surface area contributed by atoms with Gasteiger partial charge < -0.3 is 19.9 Å². The molecule has 1 aromatic carbocycles. The van der Waals surface area contributed by atoms with Gasteiger partial charge in [0, 0.05) is 45.5 Å². The summed E-state index contributed by atoms with van der Waals surface area (Å²) in [7, 11) is 9.15. The van der Waals surface area contributed by atoms with Crippen molar-refractivity contribution in [2.24, 2.45) is 7.05 Å². The molecule has 11 nitrogen and oxygen atoms in total. The van der Waals surface area contributed by atoms with E-state index in [1.54, 1.807) is 29.7 Å².